The van der Waals surface area contributed by atoms with E-state index in [1.54, 1.807) is 4.90 Å². The number of hydrogen-bond acceptors (Lipinski definition) is 3. The van der Waals surface area contributed by atoms with Crippen LogP contribution in [0.2, 0.25) is 0 Å². The number of ether oxygens (including phenoxy) is 1. The third-order valence-electron chi connectivity index (χ3n) is 3.32. The van der Waals surface area contributed by atoms with Gasteiger partial charge in [-0.1, -0.05) is 12.1 Å². The van der Waals surface area contributed by atoms with Crippen LogP contribution in [0.3, 0.4) is 0 Å². The van der Waals surface area contributed by atoms with Crippen LogP contribution in [0.25, 0.3) is 0 Å². The van der Waals surface area contributed by atoms with E-state index in [2.05, 4.69) is 6.07 Å². The molecule has 2 aliphatic heterocycles. The summed E-state index contributed by atoms with van der Waals surface area (Å²) in [5.41, 5.74) is 2.33. The zero-order valence-corrected chi connectivity index (χ0v) is 9.56. The summed E-state index contributed by atoms with van der Waals surface area (Å²) in [5.74, 6) is 0.996. The number of aliphatic hydroxyl groups is 1. The lowest BCUT2D eigenvalue weighted by Crippen LogP contribution is -2.25. The van der Waals surface area contributed by atoms with Crippen LogP contribution in [0.1, 0.15) is 17.5 Å². The van der Waals surface area contributed by atoms with Gasteiger partial charge >= 0.3 is 0 Å². The van der Waals surface area contributed by atoms with Crippen LogP contribution in [0, 0.1) is 0 Å². The van der Waals surface area contributed by atoms with Crippen LogP contribution >= 0.6 is 0 Å². The van der Waals surface area contributed by atoms with E-state index in [0.717, 1.165) is 24.3 Å². The highest BCUT2D eigenvalue weighted by Crippen LogP contribution is 2.26. The van der Waals surface area contributed by atoms with Crippen molar-refractivity contribution in [3.63, 3.8) is 0 Å². The molecule has 17 heavy (non-hydrogen) atoms. The molecule has 0 bridgehead atoms. The predicted molar refractivity (Wildman–Crippen MR) is 61.7 cm³/mol. The van der Waals surface area contributed by atoms with E-state index in [1.807, 2.05) is 12.1 Å². The third kappa shape index (κ3) is 2.00. The highest BCUT2D eigenvalue weighted by molar-refractivity contribution is 5.79. The number of benzene rings is 1. The summed E-state index contributed by atoms with van der Waals surface area (Å²) in [6.07, 6.45) is 0.702. The van der Waals surface area contributed by atoms with Crippen LogP contribution in [0.5, 0.6) is 5.75 Å². The number of hydrogen-bond donors (Lipinski definition) is 1. The lowest BCUT2D eigenvalue weighted by molar-refractivity contribution is -0.128. The molecule has 1 atom stereocenters. The Morgan fingerprint density at radius 1 is 1.47 bits per heavy atom. The van der Waals surface area contributed by atoms with E-state index >= 15 is 0 Å². The largest absolute Gasteiger partial charge is 0.493 e. The molecule has 1 unspecified atom stereocenters. The van der Waals surface area contributed by atoms with Crippen LogP contribution in [-0.4, -0.2) is 35.2 Å². The first kappa shape index (κ1) is 10.6. The van der Waals surface area contributed by atoms with Gasteiger partial charge in [0.25, 0.3) is 0 Å². The van der Waals surface area contributed by atoms with Gasteiger partial charge in [0.1, 0.15) is 5.75 Å². The highest BCUT2D eigenvalue weighted by Gasteiger charge is 2.27. The van der Waals surface area contributed by atoms with Crippen molar-refractivity contribution in [2.75, 3.05) is 13.2 Å². The van der Waals surface area contributed by atoms with Crippen LogP contribution in [0.4, 0.5) is 0 Å². The SMILES string of the molecule is O=C1CC(O)CN1Cc1ccc2c(c1)CCO2. The number of carbonyl (C=O) groups excluding carboxylic acids is 1. The van der Waals surface area contributed by atoms with Crippen LogP contribution in [-0.2, 0) is 17.8 Å². The maximum atomic E-state index is 11.6. The molecular weight excluding hydrogens is 218 g/mol. The summed E-state index contributed by atoms with van der Waals surface area (Å²) in [4.78, 5) is 13.3. The smallest absolute Gasteiger partial charge is 0.225 e. The number of likely N-dealkylation sites (tertiary alicyclic amines) is 1. The number of fused-ring (bicyclic) bond motifs is 1. The minimum atomic E-state index is -0.500. The summed E-state index contributed by atoms with van der Waals surface area (Å²) in [5, 5.41) is 9.42. The topological polar surface area (TPSA) is 49.8 Å². The first-order valence-corrected chi connectivity index (χ1v) is 5.93. The fourth-order valence-electron chi connectivity index (χ4n) is 2.46. The molecule has 1 aromatic rings. The van der Waals surface area contributed by atoms with E-state index in [1.165, 1.54) is 5.56 Å². The van der Waals surface area contributed by atoms with E-state index in [0.29, 0.717) is 13.1 Å². The molecule has 0 aromatic heterocycles. The highest BCUT2D eigenvalue weighted by atomic mass is 16.5. The number of aliphatic hydroxyl groups excluding tert-OH is 1. The van der Waals surface area contributed by atoms with E-state index in [4.69, 9.17) is 4.74 Å². The molecule has 4 heteroatoms. The maximum Gasteiger partial charge on any atom is 0.225 e. The van der Waals surface area contributed by atoms with Gasteiger partial charge in [-0.25, -0.2) is 0 Å². The van der Waals surface area contributed by atoms with Crippen molar-refractivity contribution in [2.24, 2.45) is 0 Å². The number of carbonyl (C=O) groups is 1. The maximum absolute atomic E-state index is 11.6. The average molecular weight is 233 g/mol. The van der Waals surface area contributed by atoms with E-state index < -0.39 is 6.10 Å². The van der Waals surface area contributed by atoms with Crippen molar-refractivity contribution in [3.05, 3.63) is 29.3 Å². The molecular formula is C13H15NO3. The van der Waals surface area contributed by atoms with Gasteiger partial charge < -0.3 is 14.7 Å². The molecule has 0 saturated carbocycles. The van der Waals surface area contributed by atoms with E-state index in [9.17, 15) is 9.90 Å². The standard InChI is InChI=1S/C13H15NO3/c15-11-6-13(16)14(8-11)7-9-1-2-12-10(5-9)3-4-17-12/h1-2,5,11,15H,3-4,6-8H2. The molecule has 90 valence electrons. The Balaban J connectivity index is 1.75. The number of rotatable bonds is 2. The summed E-state index contributed by atoms with van der Waals surface area (Å²) < 4.78 is 5.44. The molecule has 0 radical (unpaired) electrons. The first-order valence-electron chi connectivity index (χ1n) is 5.93. The van der Waals surface area contributed by atoms with Crippen molar-refractivity contribution in [3.8, 4) is 5.75 Å². The Labute approximate surface area is 99.8 Å². The van der Waals surface area contributed by atoms with Gasteiger partial charge in [0.2, 0.25) is 5.91 Å². The van der Waals surface area contributed by atoms with Crippen LogP contribution in [0.15, 0.2) is 18.2 Å². The van der Waals surface area contributed by atoms with Crippen LogP contribution < -0.4 is 4.74 Å². The van der Waals surface area contributed by atoms with Gasteiger partial charge in [0.15, 0.2) is 0 Å². The molecule has 0 aliphatic carbocycles. The zero-order valence-electron chi connectivity index (χ0n) is 9.56. The monoisotopic (exact) mass is 233 g/mol. The number of amides is 1. The lowest BCUT2D eigenvalue weighted by Gasteiger charge is -2.16. The average Bonchev–Trinajstić information content (AvgIpc) is 2.85. The van der Waals surface area contributed by atoms with Gasteiger partial charge in [-0.05, 0) is 17.2 Å². The first-order chi connectivity index (χ1) is 8.22. The molecule has 4 nitrogen and oxygen atoms in total. The number of β-amino-alcohol motifs (C(OH)–C–C–N with tert-alkyl or cyclic N) is 1. The van der Waals surface area contributed by atoms with Gasteiger partial charge in [-0.2, -0.15) is 0 Å². The molecule has 1 aromatic carbocycles. The number of nitrogens with zero attached hydrogens (tertiary/aromatic N) is 1. The third-order valence-corrected chi connectivity index (χ3v) is 3.32. The predicted octanol–water partition coefficient (Wildman–Crippen LogP) is 0.715. The summed E-state index contributed by atoms with van der Waals surface area (Å²) in [7, 11) is 0. The Bertz CT molecular complexity index is 458. The molecule has 1 fully saturated rings. The summed E-state index contributed by atoms with van der Waals surface area (Å²) in [6, 6.07) is 6.05. The summed E-state index contributed by atoms with van der Waals surface area (Å²) in [6.45, 7) is 1.79. The second-order valence-corrected chi connectivity index (χ2v) is 4.67. The Hall–Kier alpha value is -1.55. The van der Waals surface area contributed by atoms with E-state index in [-0.39, 0.29) is 12.3 Å². The molecule has 0 spiro atoms. The Morgan fingerprint density at radius 3 is 3.12 bits per heavy atom. The quantitative estimate of drug-likeness (QED) is 0.818. The molecule has 1 saturated heterocycles. The van der Waals surface area contributed by atoms with Gasteiger partial charge in [-0.3, -0.25) is 4.79 Å². The fourth-order valence-corrected chi connectivity index (χ4v) is 2.46. The van der Waals surface area contributed by atoms with Gasteiger partial charge in [-0.15, -0.1) is 0 Å². The van der Waals surface area contributed by atoms with Crippen molar-refractivity contribution in [2.45, 2.75) is 25.5 Å². The molecule has 2 heterocycles. The Kier molecular flexibility index (Phi) is 2.52. The van der Waals surface area contributed by atoms with Gasteiger partial charge in [0.05, 0.1) is 19.1 Å². The lowest BCUT2D eigenvalue weighted by atomic mass is 10.1. The van der Waals surface area contributed by atoms with Crippen molar-refractivity contribution in [1.29, 1.82) is 0 Å². The Morgan fingerprint density at radius 2 is 2.35 bits per heavy atom. The molecule has 2 aliphatic rings. The second-order valence-electron chi connectivity index (χ2n) is 4.67. The van der Waals surface area contributed by atoms with Crippen molar-refractivity contribution in [1.82, 2.24) is 4.90 Å². The summed E-state index contributed by atoms with van der Waals surface area (Å²) >= 11 is 0. The normalized spacial score (nSPS) is 22.8. The van der Waals surface area contributed by atoms with Crippen molar-refractivity contribution >= 4 is 5.91 Å². The minimum Gasteiger partial charge on any atom is -0.493 e. The molecule has 1 amide bonds. The zero-order chi connectivity index (χ0) is 11.8. The molecule has 1 N–H and O–H groups in total. The van der Waals surface area contributed by atoms with Gasteiger partial charge in [0, 0.05) is 19.5 Å². The second kappa shape index (κ2) is 4.04. The molecule has 3 rings (SSSR count). The fraction of sp³-hybridized carbons (Fsp3) is 0.462. The van der Waals surface area contributed by atoms with Crippen molar-refractivity contribution < 1.29 is 14.6 Å². The minimum absolute atomic E-state index is 0.0363.